The van der Waals surface area contributed by atoms with Crippen molar-refractivity contribution in [1.82, 2.24) is 20.0 Å². The molecule has 8 nitrogen and oxygen atoms in total. The van der Waals surface area contributed by atoms with Crippen LogP contribution < -0.4 is 10.6 Å². The normalized spacial score (nSPS) is 18.3. The molecule has 2 N–H and O–H groups in total. The van der Waals surface area contributed by atoms with E-state index in [1.165, 1.54) is 5.56 Å². The number of anilines is 1. The number of furan rings is 1. The van der Waals surface area contributed by atoms with Gasteiger partial charge >= 0.3 is 6.03 Å². The lowest BCUT2D eigenvalue weighted by Gasteiger charge is -2.33. The number of morpholine rings is 1. The van der Waals surface area contributed by atoms with Gasteiger partial charge in [0, 0.05) is 32.2 Å². The van der Waals surface area contributed by atoms with Crippen molar-refractivity contribution in [2.75, 3.05) is 38.2 Å². The number of hydrogen-bond donors (Lipinski definition) is 2. The number of nitrogens with one attached hydrogen (secondary N) is 2. The molecule has 0 spiro atoms. The number of ether oxygens (including phenoxy) is 1. The number of fused-ring (bicyclic) bond motifs is 1. The van der Waals surface area contributed by atoms with Gasteiger partial charge in [-0.25, -0.2) is 4.79 Å². The lowest BCUT2D eigenvalue weighted by molar-refractivity contribution is 0.0122. The number of carbonyl (C=O) groups excluding carboxylic acids is 1. The van der Waals surface area contributed by atoms with Crippen LogP contribution in [0.15, 0.2) is 16.5 Å². The van der Waals surface area contributed by atoms with Crippen molar-refractivity contribution in [2.24, 2.45) is 7.05 Å². The standard InChI is InChI=1S/C19H27N5O3/c1-13-6-7-17(27-13)16(24-8-10-26-11-9-24)12-20-19(25)21-18-14-4-3-5-15(14)22-23(18)2/h6-7,16H,3-5,8-12H2,1-2H3,(H2,20,21,25). The van der Waals surface area contributed by atoms with E-state index in [0.29, 0.717) is 19.8 Å². The molecule has 1 aliphatic carbocycles. The summed E-state index contributed by atoms with van der Waals surface area (Å²) >= 11 is 0. The molecule has 2 amide bonds. The number of aromatic nitrogens is 2. The van der Waals surface area contributed by atoms with Crippen molar-refractivity contribution in [2.45, 2.75) is 32.2 Å². The summed E-state index contributed by atoms with van der Waals surface area (Å²) in [6, 6.07) is 3.73. The molecule has 0 aromatic carbocycles. The Hall–Kier alpha value is -2.32. The molecule has 0 saturated carbocycles. The highest BCUT2D eigenvalue weighted by atomic mass is 16.5. The van der Waals surface area contributed by atoms with Crippen LogP contribution in [-0.2, 0) is 24.6 Å². The van der Waals surface area contributed by atoms with Crippen molar-refractivity contribution >= 4 is 11.8 Å². The topological polar surface area (TPSA) is 84.6 Å². The van der Waals surface area contributed by atoms with Crippen LogP contribution in [0.4, 0.5) is 10.6 Å². The molecule has 2 aliphatic rings. The van der Waals surface area contributed by atoms with E-state index in [0.717, 1.165) is 55.4 Å². The van der Waals surface area contributed by atoms with Gasteiger partial charge in [0.25, 0.3) is 0 Å². The summed E-state index contributed by atoms with van der Waals surface area (Å²) in [6.45, 7) is 5.45. The van der Waals surface area contributed by atoms with Gasteiger partial charge in [-0.2, -0.15) is 5.10 Å². The molecule has 3 heterocycles. The molecule has 1 saturated heterocycles. The maximum Gasteiger partial charge on any atom is 0.320 e. The number of urea groups is 1. The number of amides is 2. The summed E-state index contributed by atoms with van der Waals surface area (Å²) in [5.74, 6) is 2.55. The van der Waals surface area contributed by atoms with Crippen LogP contribution in [0.5, 0.6) is 0 Å². The lowest BCUT2D eigenvalue weighted by atomic mass is 10.1. The zero-order chi connectivity index (χ0) is 18.8. The Morgan fingerprint density at radius 3 is 2.85 bits per heavy atom. The monoisotopic (exact) mass is 373 g/mol. The van der Waals surface area contributed by atoms with E-state index in [1.54, 1.807) is 4.68 Å². The average molecular weight is 373 g/mol. The predicted octanol–water partition coefficient (Wildman–Crippen LogP) is 2.01. The highest BCUT2D eigenvalue weighted by Gasteiger charge is 2.26. The van der Waals surface area contributed by atoms with E-state index in [2.05, 4.69) is 20.6 Å². The molecule has 0 bridgehead atoms. The third kappa shape index (κ3) is 3.86. The average Bonchev–Trinajstić information content (AvgIpc) is 3.35. The van der Waals surface area contributed by atoms with Crippen molar-refractivity contribution in [3.63, 3.8) is 0 Å². The molecule has 2 aromatic rings. The lowest BCUT2D eigenvalue weighted by Crippen LogP contribution is -2.44. The molecule has 1 unspecified atom stereocenters. The van der Waals surface area contributed by atoms with Gasteiger partial charge in [0.1, 0.15) is 17.3 Å². The van der Waals surface area contributed by atoms with Crippen LogP contribution >= 0.6 is 0 Å². The zero-order valence-electron chi connectivity index (χ0n) is 16.0. The SMILES string of the molecule is Cc1ccc(C(CNC(=O)Nc2c3c(nn2C)CCC3)N2CCOCC2)o1. The smallest absolute Gasteiger partial charge is 0.320 e. The van der Waals surface area contributed by atoms with Crippen molar-refractivity contribution in [3.8, 4) is 0 Å². The maximum atomic E-state index is 12.5. The Balaban J connectivity index is 1.42. The maximum absolute atomic E-state index is 12.5. The largest absolute Gasteiger partial charge is 0.465 e. The molecule has 8 heteroatoms. The van der Waals surface area contributed by atoms with Crippen LogP contribution in [0.3, 0.4) is 0 Å². The molecule has 146 valence electrons. The zero-order valence-corrected chi connectivity index (χ0v) is 16.0. The molecule has 4 rings (SSSR count). The Kier molecular flexibility index (Phi) is 5.18. The Morgan fingerprint density at radius 2 is 2.11 bits per heavy atom. The van der Waals surface area contributed by atoms with Crippen LogP contribution in [-0.4, -0.2) is 53.6 Å². The molecule has 0 radical (unpaired) electrons. The molecule has 1 atom stereocenters. The van der Waals surface area contributed by atoms with E-state index >= 15 is 0 Å². The minimum atomic E-state index is -0.214. The minimum absolute atomic E-state index is 0.00870. The summed E-state index contributed by atoms with van der Waals surface area (Å²) in [7, 11) is 1.87. The van der Waals surface area contributed by atoms with E-state index in [9.17, 15) is 4.79 Å². The number of hydrogen-bond acceptors (Lipinski definition) is 5. The van der Waals surface area contributed by atoms with Crippen LogP contribution in [0.1, 0.15) is 35.2 Å². The van der Waals surface area contributed by atoms with Crippen molar-refractivity contribution in [1.29, 1.82) is 0 Å². The van der Waals surface area contributed by atoms with Crippen LogP contribution in [0.2, 0.25) is 0 Å². The Labute approximate surface area is 158 Å². The van der Waals surface area contributed by atoms with Crippen LogP contribution in [0.25, 0.3) is 0 Å². The molecular formula is C19H27N5O3. The van der Waals surface area contributed by atoms with Gasteiger partial charge in [-0.1, -0.05) is 0 Å². The predicted molar refractivity (Wildman–Crippen MR) is 101 cm³/mol. The highest BCUT2D eigenvalue weighted by Crippen LogP contribution is 2.28. The Morgan fingerprint density at radius 1 is 1.30 bits per heavy atom. The molecule has 1 fully saturated rings. The minimum Gasteiger partial charge on any atom is -0.465 e. The third-order valence-corrected chi connectivity index (χ3v) is 5.33. The first-order valence-electron chi connectivity index (χ1n) is 9.59. The summed E-state index contributed by atoms with van der Waals surface area (Å²) < 4.78 is 13.1. The van der Waals surface area contributed by atoms with Gasteiger partial charge in [0.2, 0.25) is 0 Å². The van der Waals surface area contributed by atoms with Gasteiger partial charge in [0.15, 0.2) is 0 Å². The van der Waals surface area contributed by atoms with Gasteiger partial charge in [-0.15, -0.1) is 0 Å². The van der Waals surface area contributed by atoms with Crippen molar-refractivity contribution in [3.05, 3.63) is 34.9 Å². The summed E-state index contributed by atoms with van der Waals surface area (Å²) in [5.41, 5.74) is 2.27. The van der Waals surface area contributed by atoms with Gasteiger partial charge in [-0.05, 0) is 38.3 Å². The second-order valence-corrected chi connectivity index (χ2v) is 7.20. The van der Waals surface area contributed by atoms with E-state index in [-0.39, 0.29) is 12.1 Å². The quantitative estimate of drug-likeness (QED) is 0.837. The summed E-state index contributed by atoms with van der Waals surface area (Å²) in [6.07, 6.45) is 3.07. The number of rotatable bonds is 5. The first kappa shape index (κ1) is 18.1. The third-order valence-electron chi connectivity index (χ3n) is 5.33. The summed E-state index contributed by atoms with van der Waals surface area (Å²) in [4.78, 5) is 14.8. The molecule has 27 heavy (non-hydrogen) atoms. The fraction of sp³-hybridized carbons (Fsp3) is 0.579. The van der Waals surface area contributed by atoms with Crippen molar-refractivity contribution < 1.29 is 13.9 Å². The highest BCUT2D eigenvalue weighted by molar-refractivity contribution is 5.89. The first-order chi connectivity index (χ1) is 13.1. The van der Waals surface area contributed by atoms with E-state index in [4.69, 9.17) is 9.15 Å². The second-order valence-electron chi connectivity index (χ2n) is 7.20. The van der Waals surface area contributed by atoms with E-state index in [1.807, 2.05) is 26.1 Å². The number of nitrogens with zero attached hydrogens (tertiary/aromatic N) is 3. The first-order valence-corrected chi connectivity index (χ1v) is 9.59. The Bertz CT molecular complexity index is 806. The van der Waals surface area contributed by atoms with E-state index < -0.39 is 0 Å². The number of aryl methyl sites for hydroxylation is 3. The molecular weight excluding hydrogens is 346 g/mol. The molecule has 1 aliphatic heterocycles. The fourth-order valence-electron chi connectivity index (χ4n) is 3.95. The van der Waals surface area contributed by atoms with Gasteiger partial charge < -0.3 is 14.5 Å². The summed E-state index contributed by atoms with van der Waals surface area (Å²) in [5, 5.41) is 10.5. The number of carbonyl (C=O) groups is 1. The fourth-order valence-corrected chi connectivity index (χ4v) is 3.95. The molecule has 2 aromatic heterocycles. The second kappa shape index (κ2) is 7.74. The van der Waals surface area contributed by atoms with Crippen LogP contribution in [0, 0.1) is 6.92 Å². The van der Waals surface area contributed by atoms with Gasteiger partial charge in [0.05, 0.1) is 24.9 Å². The van der Waals surface area contributed by atoms with Gasteiger partial charge in [-0.3, -0.25) is 14.9 Å².